The second kappa shape index (κ2) is 8.00. The van der Waals surface area contributed by atoms with Gasteiger partial charge >= 0.3 is 5.63 Å². The summed E-state index contributed by atoms with van der Waals surface area (Å²) in [5.74, 6) is -4.78. The highest BCUT2D eigenvalue weighted by Gasteiger charge is 2.39. The van der Waals surface area contributed by atoms with E-state index in [0.717, 1.165) is 6.07 Å². The molecule has 3 rings (SSSR count). The lowest BCUT2D eigenvalue weighted by Gasteiger charge is -2.37. The number of aryl methyl sites for hydroxylation is 1. The van der Waals surface area contributed by atoms with Crippen LogP contribution in [-0.4, -0.2) is 57.4 Å². The molecule has 2 aromatic rings. The number of carbonyl (C=O) groups excluding carboxylic acids is 1. The molecule has 12 heteroatoms. The molecule has 1 aromatic heterocycles. The van der Waals surface area contributed by atoms with Crippen molar-refractivity contribution < 1.29 is 43.3 Å². The van der Waals surface area contributed by atoms with Gasteiger partial charge in [0.25, 0.3) is 0 Å². The zero-order valence-corrected chi connectivity index (χ0v) is 15.0. The molecule has 158 valence electrons. The molecule has 1 aliphatic heterocycles. The molecule has 29 heavy (non-hydrogen) atoms. The van der Waals surface area contributed by atoms with Crippen LogP contribution in [0.4, 0.5) is 8.78 Å². The Morgan fingerprint density at radius 1 is 1.31 bits per heavy atom. The van der Waals surface area contributed by atoms with Crippen molar-refractivity contribution in [3.63, 3.8) is 0 Å². The van der Waals surface area contributed by atoms with Gasteiger partial charge in [0, 0.05) is 5.39 Å². The van der Waals surface area contributed by atoms with Gasteiger partial charge < -0.3 is 30.2 Å². The summed E-state index contributed by atoms with van der Waals surface area (Å²) < 4.78 is 32.4. The van der Waals surface area contributed by atoms with Crippen LogP contribution in [0.5, 0.6) is 5.75 Å². The Labute approximate surface area is 161 Å². The summed E-state index contributed by atoms with van der Waals surface area (Å²) in [6, 6.07) is 0.777. The number of hydroxylamine groups is 1. The minimum atomic E-state index is -1.52. The first kappa shape index (κ1) is 21.1. The third-order valence-electron chi connectivity index (χ3n) is 4.70. The number of phenols is 1. The molecule has 4 atom stereocenters. The number of rotatable bonds is 4. The van der Waals surface area contributed by atoms with Crippen LogP contribution in [0.1, 0.15) is 11.1 Å². The second-order valence-corrected chi connectivity index (χ2v) is 6.55. The van der Waals surface area contributed by atoms with Gasteiger partial charge in [-0.2, -0.15) is 9.87 Å². The average molecular weight is 416 g/mol. The third kappa shape index (κ3) is 3.80. The summed E-state index contributed by atoms with van der Waals surface area (Å²) in [6.45, 7) is 0.774. The first-order valence-electron chi connectivity index (χ1n) is 8.46. The van der Waals surface area contributed by atoms with Crippen LogP contribution in [0.2, 0.25) is 0 Å². The number of amides is 1. The van der Waals surface area contributed by atoms with E-state index in [1.54, 1.807) is 0 Å². The van der Waals surface area contributed by atoms with Crippen molar-refractivity contribution >= 4 is 16.9 Å². The lowest BCUT2D eigenvalue weighted by atomic mass is 10.0. The third-order valence-corrected chi connectivity index (χ3v) is 4.70. The topological polar surface area (TPSA) is 161 Å². The molecule has 0 bridgehead atoms. The Balaban J connectivity index is 1.84. The SMILES string of the molecule is Cc1c(CC(=O)NC2NOC(CO)[C@H](O)C2O)c(=O)oc2c(F)c(O)c(F)cc12. The van der Waals surface area contributed by atoms with E-state index < -0.39 is 72.0 Å². The molecule has 2 heterocycles. The number of benzene rings is 1. The molecule has 3 unspecified atom stereocenters. The number of fused-ring (bicyclic) bond motifs is 1. The van der Waals surface area contributed by atoms with Crippen molar-refractivity contribution in [1.29, 1.82) is 0 Å². The first-order chi connectivity index (χ1) is 13.6. The molecule has 0 spiro atoms. The number of hydrogen-bond donors (Lipinski definition) is 6. The highest BCUT2D eigenvalue weighted by molar-refractivity contribution is 5.86. The molecule has 1 aromatic carbocycles. The zero-order chi connectivity index (χ0) is 21.5. The van der Waals surface area contributed by atoms with Gasteiger partial charge in [-0.25, -0.2) is 9.18 Å². The number of aromatic hydroxyl groups is 1. The Morgan fingerprint density at radius 2 is 2.00 bits per heavy atom. The minimum absolute atomic E-state index is 0.0676. The minimum Gasteiger partial charge on any atom is -0.503 e. The number of aliphatic hydroxyl groups is 3. The standard InChI is InChI=1S/C17H18F2N2O8/c1-5-6-2-8(18)12(24)11(19)15(6)28-17(27)7(5)3-10(23)20-16-14(26)13(25)9(4-22)29-21-16/h2,9,13-14,16,21-22,24-26H,3-4H2,1H3,(H,20,23)/t9?,13-,14?,16?/m0/s1. The molecule has 0 aliphatic carbocycles. The quantitative estimate of drug-likeness (QED) is 0.332. The molecule has 0 radical (unpaired) electrons. The Kier molecular flexibility index (Phi) is 5.82. The predicted octanol–water partition coefficient (Wildman–Crippen LogP) is -1.31. The Morgan fingerprint density at radius 3 is 2.66 bits per heavy atom. The van der Waals surface area contributed by atoms with E-state index >= 15 is 0 Å². The lowest BCUT2D eigenvalue weighted by molar-refractivity contribution is -0.207. The molecule has 1 aliphatic rings. The van der Waals surface area contributed by atoms with Crippen molar-refractivity contribution in [1.82, 2.24) is 10.8 Å². The zero-order valence-electron chi connectivity index (χ0n) is 15.0. The number of halogens is 2. The van der Waals surface area contributed by atoms with Crippen LogP contribution in [0.3, 0.4) is 0 Å². The van der Waals surface area contributed by atoms with E-state index in [1.165, 1.54) is 6.92 Å². The summed E-state index contributed by atoms with van der Waals surface area (Å²) >= 11 is 0. The maximum Gasteiger partial charge on any atom is 0.340 e. The van der Waals surface area contributed by atoms with Gasteiger partial charge in [0.15, 0.2) is 17.1 Å². The van der Waals surface area contributed by atoms with Gasteiger partial charge in [0.05, 0.1) is 18.6 Å². The monoisotopic (exact) mass is 416 g/mol. The van der Waals surface area contributed by atoms with E-state index in [2.05, 4.69) is 10.8 Å². The fraction of sp³-hybridized carbons (Fsp3) is 0.412. The summed E-state index contributed by atoms with van der Waals surface area (Å²) in [5, 5.41) is 40.3. The highest BCUT2D eigenvalue weighted by atomic mass is 19.1. The predicted molar refractivity (Wildman–Crippen MR) is 91.5 cm³/mol. The smallest absolute Gasteiger partial charge is 0.340 e. The number of phenolic OH excluding ortho intramolecular Hbond substituents is 1. The summed E-state index contributed by atoms with van der Waals surface area (Å²) in [7, 11) is 0. The van der Waals surface area contributed by atoms with Crippen molar-refractivity contribution in [2.45, 2.75) is 37.8 Å². The molecular formula is C17H18F2N2O8. The van der Waals surface area contributed by atoms with Crippen LogP contribution in [0.25, 0.3) is 11.0 Å². The second-order valence-electron chi connectivity index (χ2n) is 6.55. The van der Waals surface area contributed by atoms with E-state index in [0.29, 0.717) is 0 Å². The van der Waals surface area contributed by atoms with Crippen molar-refractivity contribution in [3.8, 4) is 5.75 Å². The van der Waals surface area contributed by atoms with Gasteiger partial charge in [0.2, 0.25) is 11.7 Å². The molecule has 1 amide bonds. The average Bonchev–Trinajstić information content (AvgIpc) is 2.68. The van der Waals surface area contributed by atoms with Crippen molar-refractivity contribution in [3.05, 3.63) is 39.2 Å². The van der Waals surface area contributed by atoms with Gasteiger partial charge in [-0.3, -0.25) is 9.63 Å². The first-order valence-corrected chi connectivity index (χ1v) is 8.46. The van der Waals surface area contributed by atoms with E-state index in [4.69, 9.17) is 14.4 Å². The molecule has 1 fully saturated rings. The lowest BCUT2D eigenvalue weighted by Crippen LogP contribution is -2.65. The maximum atomic E-state index is 14.0. The summed E-state index contributed by atoms with van der Waals surface area (Å²) in [6.07, 6.45) is -5.93. The normalized spacial score (nSPS) is 24.6. The van der Waals surface area contributed by atoms with E-state index in [1.807, 2.05) is 0 Å². The number of nitrogens with one attached hydrogen (secondary N) is 2. The largest absolute Gasteiger partial charge is 0.503 e. The van der Waals surface area contributed by atoms with E-state index in [9.17, 15) is 33.7 Å². The molecular weight excluding hydrogens is 398 g/mol. The number of aliphatic hydroxyl groups excluding tert-OH is 3. The van der Waals surface area contributed by atoms with Crippen molar-refractivity contribution in [2.24, 2.45) is 0 Å². The van der Waals surface area contributed by atoms with E-state index in [-0.39, 0.29) is 16.5 Å². The molecule has 6 N–H and O–H groups in total. The fourth-order valence-corrected chi connectivity index (χ4v) is 3.01. The maximum absolute atomic E-state index is 14.0. The molecule has 1 saturated heterocycles. The van der Waals surface area contributed by atoms with Gasteiger partial charge in [-0.1, -0.05) is 0 Å². The number of carbonyl (C=O) groups is 1. The van der Waals surface area contributed by atoms with Crippen molar-refractivity contribution in [2.75, 3.05) is 6.61 Å². The summed E-state index contributed by atoms with van der Waals surface area (Å²) in [4.78, 5) is 29.4. The van der Waals surface area contributed by atoms with Gasteiger partial charge in [-0.15, -0.1) is 0 Å². The fourth-order valence-electron chi connectivity index (χ4n) is 3.01. The molecule has 0 saturated carbocycles. The summed E-state index contributed by atoms with van der Waals surface area (Å²) in [5.41, 5.74) is 0.427. The Bertz CT molecular complexity index is 1010. The highest BCUT2D eigenvalue weighted by Crippen LogP contribution is 2.30. The van der Waals surface area contributed by atoms with Crippen LogP contribution < -0.4 is 16.4 Å². The van der Waals surface area contributed by atoms with Crippen LogP contribution in [0.15, 0.2) is 15.3 Å². The van der Waals surface area contributed by atoms with Gasteiger partial charge in [-0.05, 0) is 18.6 Å². The Hall–Kier alpha value is -2.64. The van der Waals surface area contributed by atoms with Crippen LogP contribution >= 0.6 is 0 Å². The number of hydrogen-bond acceptors (Lipinski definition) is 9. The molecule has 10 nitrogen and oxygen atoms in total. The van der Waals surface area contributed by atoms with Crippen LogP contribution in [-0.2, 0) is 16.1 Å². The van der Waals surface area contributed by atoms with Crippen LogP contribution in [0, 0.1) is 18.6 Å². The van der Waals surface area contributed by atoms with Gasteiger partial charge in [0.1, 0.15) is 24.5 Å².